The first-order chi connectivity index (χ1) is 15.0. The Hall–Kier alpha value is -4.01. The van der Waals surface area contributed by atoms with E-state index in [0.717, 1.165) is 5.56 Å². The Kier molecular flexibility index (Phi) is 7.47. The van der Waals surface area contributed by atoms with Crippen molar-refractivity contribution in [3.8, 4) is 0 Å². The number of amides is 2. The Morgan fingerprint density at radius 3 is 2.45 bits per heavy atom. The Balaban J connectivity index is 1.61. The minimum Gasteiger partial charge on any atom is -0.353 e. The van der Waals surface area contributed by atoms with Gasteiger partial charge in [0.1, 0.15) is 6.04 Å². The molecule has 0 aliphatic heterocycles. The van der Waals surface area contributed by atoms with Crippen LogP contribution in [0, 0.1) is 10.1 Å². The first kappa shape index (κ1) is 21.7. The van der Waals surface area contributed by atoms with Gasteiger partial charge in [0.05, 0.1) is 17.7 Å². The van der Waals surface area contributed by atoms with E-state index in [-0.39, 0.29) is 23.9 Å². The summed E-state index contributed by atoms with van der Waals surface area (Å²) >= 11 is 0. The van der Waals surface area contributed by atoms with Crippen LogP contribution in [0.4, 0.5) is 5.69 Å². The van der Waals surface area contributed by atoms with Crippen LogP contribution in [-0.2, 0) is 29.0 Å². The van der Waals surface area contributed by atoms with Gasteiger partial charge >= 0.3 is 0 Å². The molecule has 9 nitrogen and oxygen atoms in total. The van der Waals surface area contributed by atoms with Crippen molar-refractivity contribution in [2.75, 3.05) is 6.54 Å². The summed E-state index contributed by atoms with van der Waals surface area (Å²) in [7, 11) is 0. The average molecular weight is 421 g/mol. The molecule has 0 bridgehead atoms. The molecule has 0 fully saturated rings. The van der Waals surface area contributed by atoms with E-state index in [1.54, 1.807) is 18.7 Å². The van der Waals surface area contributed by atoms with Crippen LogP contribution in [0.2, 0.25) is 0 Å². The molecule has 1 atom stereocenters. The van der Waals surface area contributed by atoms with Gasteiger partial charge in [-0.05, 0) is 11.1 Å². The van der Waals surface area contributed by atoms with Crippen LogP contribution < -0.4 is 10.6 Å². The number of rotatable bonds is 10. The molecule has 9 heteroatoms. The third-order valence-corrected chi connectivity index (χ3v) is 4.67. The summed E-state index contributed by atoms with van der Waals surface area (Å²) in [6, 6.07) is 14.5. The van der Waals surface area contributed by atoms with Crippen molar-refractivity contribution in [3.63, 3.8) is 0 Å². The molecular formula is C22H23N5O4. The second kappa shape index (κ2) is 10.7. The maximum Gasteiger partial charge on any atom is 0.269 e. The van der Waals surface area contributed by atoms with Crippen molar-refractivity contribution in [2.45, 2.75) is 25.4 Å². The number of nitrogens with one attached hydrogen (secondary N) is 2. The molecule has 2 amide bonds. The molecule has 3 rings (SSSR count). The standard InChI is InChI=1S/C22H23N5O4/c28-21(15-18-6-8-19(9-7-18)27(30)31)25-20(14-17-4-2-1-3-5-17)22(29)24-11-13-26-12-10-23-16-26/h1-10,12,16,20H,11,13-15H2,(H,24,29)(H,25,28)/t20-/m1/s1. The van der Waals surface area contributed by atoms with Gasteiger partial charge in [-0.2, -0.15) is 0 Å². The van der Waals surface area contributed by atoms with E-state index < -0.39 is 11.0 Å². The molecule has 3 aromatic rings. The summed E-state index contributed by atoms with van der Waals surface area (Å²) in [5.74, 6) is -0.611. The highest BCUT2D eigenvalue weighted by atomic mass is 16.6. The second-order valence-corrected chi connectivity index (χ2v) is 7.00. The fraction of sp³-hybridized carbons (Fsp3) is 0.227. The summed E-state index contributed by atoms with van der Waals surface area (Å²) < 4.78 is 1.85. The van der Waals surface area contributed by atoms with Gasteiger partial charge in [-0.25, -0.2) is 4.98 Å². The molecule has 0 radical (unpaired) electrons. The van der Waals surface area contributed by atoms with Crippen LogP contribution in [-0.4, -0.2) is 38.9 Å². The molecule has 160 valence electrons. The van der Waals surface area contributed by atoms with E-state index in [1.807, 2.05) is 34.9 Å². The molecule has 31 heavy (non-hydrogen) atoms. The number of nitro groups is 1. The van der Waals surface area contributed by atoms with Crippen molar-refractivity contribution in [2.24, 2.45) is 0 Å². The van der Waals surface area contributed by atoms with Gasteiger partial charge in [0.25, 0.3) is 5.69 Å². The summed E-state index contributed by atoms with van der Waals surface area (Å²) in [6.07, 6.45) is 5.51. The zero-order valence-electron chi connectivity index (χ0n) is 16.8. The van der Waals surface area contributed by atoms with E-state index in [1.165, 1.54) is 24.3 Å². The third-order valence-electron chi connectivity index (χ3n) is 4.67. The van der Waals surface area contributed by atoms with Crippen molar-refractivity contribution in [3.05, 3.63) is 94.6 Å². The molecule has 1 heterocycles. The highest BCUT2D eigenvalue weighted by Crippen LogP contribution is 2.12. The number of hydrogen-bond donors (Lipinski definition) is 2. The number of carbonyl (C=O) groups is 2. The van der Waals surface area contributed by atoms with Gasteiger partial charge in [-0.1, -0.05) is 42.5 Å². The van der Waals surface area contributed by atoms with Gasteiger partial charge in [-0.15, -0.1) is 0 Å². The summed E-state index contributed by atoms with van der Waals surface area (Å²) in [5, 5.41) is 16.4. The quantitative estimate of drug-likeness (QED) is 0.383. The first-order valence-corrected chi connectivity index (χ1v) is 9.81. The predicted molar refractivity (Wildman–Crippen MR) is 114 cm³/mol. The second-order valence-electron chi connectivity index (χ2n) is 7.00. The highest BCUT2D eigenvalue weighted by Gasteiger charge is 2.21. The van der Waals surface area contributed by atoms with Crippen LogP contribution in [0.3, 0.4) is 0 Å². The Bertz CT molecular complexity index is 1000. The van der Waals surface area contributed by atoms with Gasteiger partial charge in [0.2, 0.25) is 11.8 Å². The van der Waals surface area contributed by atoms with Gasteiger partial charge < -0.3 is 15.2 Å². The van der Waals surface area contributed by atoms with Gasteiger partial charge in [0, 0.05) is 44.0 Å². The lowest BCUT2D eigenvalue weighted by Gasteiger charge is -2.19. The zero-order valence-corrected chi connectivity index (χ0v) is 16.8. The highest BCUT2D eigenvalue weighted by molar-refractivity contribution is 5.88. The van der Waals surface area contributed by atoms with Crippen molar-refractivity contribution in [1.29, 1.82) is 0 Å². The van der Waals surface area contributed by atoms with Crippen molar-refractivity contribution < 1.29 is 14.5 Å². The van der Waals surface area contributed by atoms with Crippen LogP contribution in [0.25, 0.3) is 0 Å². The maximum absolute atomic E-state index is 12.8. The number of hydrogen-bond acceptors (Lipinski definition) is 5. The molecule has 2 N–H and O–H groups in total. The zero-order chi connectivity index (χ0) is 22.1. The summed E-state index contributed by atoms with van der Waals surface area (Å²) in [5.41, 5.74) is 1.51. The molecule has 1 aromatic heterocycles. The Morgan fingerprint density at radius 1 is 1.06 bits per heavy atom. The molecule has 0 spiro atoms. The Labute approximate surface area is 179 Å². The monoisotopic (exact) mass is 421 g/mol. The SMILES string of the molecule is O=C(Cc1ccc([N+](=O)[O-])cc1)N[C@H](Cc1ccccc1)C(=O)NCCn1ccnc1. The summed E-state index contributed by atoms with van der Waals surface area (Å²) in [4.78, 5) is 39.6. The fourth-order valence-electron chi connectivity index (χ4n) is 3.08. The van der Waals surface area contributed by atoms with Crippen LogP contribution in [0.1, 0.15) is 11.1 Å². The number of imidazole rings is 1. The molecule has 0 aliphatic carbocycles. The fourth-order valence-corrected chi connectivity index (χ4v) is 3.08. The topological polar surface area (TPSA) is 119 Å². The van der Waals surface area contributed by atoms with Crippen LogP contribution in [0.15, 0.2) is 73.3 Å². The number of nitro benzene ring substituents is 1. The molecule has 0 saturated heterocycles. The van der Waals surface area contributed by atoms with E-state index in [9.17, 15) is 19.7 Å². The van der Waals surface area contributed by atoms with E-state index >= 15 is 0 Å². The molecule has 0 unspecified atom stereocenters. The molecule has 0 aliphatic rings. The normalized spacial score (nSPS) is 11.5. The van der Waals surface area contributed by atoms with E-state index in [4.69, 9.17) is 0 Å². The molecule has 2 aromatic carbocycles. The lowest BCUT2D eigenvalue weighted by molar-refractivity contribution is -0.384. The third kappa shape index (κ3) is 6.77. The predicted octanol–water partition coefficient (Wildman–Crippen LogP) is 1.88. The largest absolute Gasteiger partial charge is 0.353 e. The minimum absolute atomic E-state index is 0.0194. The van der Waals surface area contributed by atoms with Crippen LogP contribution >= 0.6 is 0 Å². The molecule has 0 saturated carbocycles. The minimum atomic E-state index is -0.740. The first-order valence-electron chi connectivity index (χ1n) is 9.81. The summed E-state index contributed by atoms with van der Waals surface area (Å²) in [6.45, 7) is 0.971. The Morgan fingerprint density at radius 2 is 1.81 bits per heavy atom. The average Bonchev–Trinajstić information content (AvgIpc) is 3.28. The maximum atomic E-state index is 12.8. The number of nitrogens with zero attached hydrogens (tertiary/aromatic N) is 3. The van der Waals surface area contributed by atoms with Crippen molar-refractivity contribution >= 4 is 17.5 Å². The van der Waals surface area contributed by atoms with Gasteiger partial charge in [0.15, 0.2) is 0 Å². The van der Waals surface area contributed by atoms with E-state index in [2.05, 4.69) is 15.6 Å². The van der Waals surface area contributed by atoms with Crippen LogP contribution in [0.5, 0.6) is 0 Å². The smallest absolute Gasteiger partial charge is 0.269 e. The molecular weight excluding hydrogens is 398 g/mol. The van der Waals surface area contributed by atoms with Crippen molar-refractivity contribution in [1.82, 2.24) is 20.2 Å². The number of non-ortho nitro benzene ring substituents is 1. The number of aromatic nitrogens is 2. The lowest BCUT2D eigenvalue weighted by atomic mass is 10.0. The van der Waals surface area contributed by atoms with E-state index in [0.29, 0.717) is 25.1 Å². The van der Waals surface area contributed by atoms with Gasteiger partial charge in [-0.3, -0.25) is 19.7 Å². The number of benzene rings is 2. The lowest BCUT2D eigenvalue weighted by Crippen LogP contribution is -2.49. The number of carbonyl (C=O) groups excluding carboxylic acids is 2.